The van der Waals surface area contributed by atoms with Crippen molar-refractivity contribution in [3.63, 3.8) is 0 Å². The Kier molecular flexibility index (Phi) is 3.58. The van der Waals surface area contributed by atoms with E-state index in [1.165, 1.54) is 50.5 Å². The lowest BCUT2D eigenvalue weighted by Crippen LogP contribution is -2.37. The van der Waals surface area contributed by atoms with E-state index in [1.807, 2.05) is 6.07 Å². The fourth-order valence-electron chi connectivity index (χ4n) is 4.41. The van der Waals surface area contributed by atoms with E-state index in [9.17, 15) is 4.79 Å². The summed E-state index contributed by atoms with van der Waals surface area (Å²) in [7, 11) is 0. The van der Waals surface area contributed by atoms with E-state index in [0.717, 1.165) is 17.9 Å². The van der Waals surface area contributed by atoms with Crippen molar-refractivity contribution in [2.24, 2.45) is 5.92 Å². The molecule has 4 rings (SSSR count). The van der Waals surface area contributed by atoms with Gasteiger partial charge >= 0.3 is 0 Å². The molecule has 0 spiro atoms. The van der Waals surface area contributed by atoms with Gasteiger partial charge in [-0.25, -0.2) is 0 Å². The molecule has 0 radical (unpaired) electrons. The summed E-state index contributed by atoms with van der Waals surface area (Å²) in [5.74, 6) is 1.77. The molecule has 1 heterocycles. The molecule has 2 nitrogen and oxygen atoms in total. The van der Waals surface area contributed by atoms with Crippen molar-refractivity contribution >= 4 is 5.78 Å². The first-order valence-electron chi connectivity index (χ1n) is 8.71. The molecule has 1 aliphatic heterocycles. The number of rotatable bonds is 3. The number of carbonyl (C=O) groups is 1. The summed E-state index contributed by atoms with van der Waals surface area (Å²) in [5, 5.41) is 3.62. The van der Waals surface area contributed by atoms with Crippen LogP contribution >= 0.6 is 0 Å². The Labute approximate surface area is 127 Å². The third-order valence-electron chi connectivity index (χ3n) is 5.93. The molecule has 1 N–H and O–H groups in total. The third kappa shape index (κ3) is 2.55. The van der Waals surface area contributed by atoms with Crippen LogP contribution in [0.3, 0.4) is 0 Å². The van der Waals surface area contributed by atoms with Crippen LogP contribution in [0.1, 0.15) is 73.2 Å². The summed E-state index contributed by atoms with van der Waals surface area (Å²) < 4.78 is 0. The van der Waals surface area contributed by atoms with Gasteiger partial charge in [0, 0.05) is 11.6 Å². The molecule has 0 aromatic heterocycles. The van der Waals surface area contributed by atoms with Crippen LogP contribution in [-0.4, -0.2) is 17.9 Å². The van der Waals surface area contributed by atoms with Gasteiger partial charge < -0.3 is 5.32 Å². The summed E-state index contributed by atoms with van der Waals surface area (Å²) in [6.07, 6.45) is 10.2. The van der Waals surface area contributed by atoms with Crippen LogP contribution in [0.15, 0.2) is 24.3 Å². The quantitative estimate of drug-likeness (QED) is 0.848. The van der Waals surface area contributed by atoms with Gasteiger partial charge in [-0.15, -0.1) is 0 Å². The van der Waals surface area contributed by atoms with Gasteiger partial charge in [0.05, 0.1) is 6.04 Å². The highest BCUT2D eigenvalue weighted by Crippen LogP contribution is 2.37. The molecular weight excluding hydrogens is 258 g/mol. The summed E-state index contributed by atoms with van der Waals surface area (Å²) in [4.78, 5) is 12.8. The molecule has 2 aliphatic carbocycles. The molecular formula is C19H25NO. The standard InChI is InChI=1S/C19H25NO/c21-19(18-12-15-5-1-2-10-17(15)20-18)16-9-4-8-14(11-16)13-6-3-7-13/h4,8-9,11,13,15,17-18,20H,1-3,5-7,10,12H2. The first kappa shape index (κ1) is 13.5. The zero-order chi connectivity index (χ0) is 14.2. The molecule has 1 aromatic carbocycles. The normalized spacial score (nSPS) is 32.5. The van der Waals surface area contributed by atoms with Crippen LogP contribution in [0.25, 0.3) is 0 Å². The molecule has 3 fully saturated rings. The Morgan fingerprint density at radius 3 is 2.67 bits per heavy atom. The van der Waals surface area contributed by atoms with E-state index >= 15 is 0 Å². The smallest absolute Gasteiger partial charge is 0.179 e. The van der Waals surface area contributed by atoms with Gasteiger partial charge in [-0.3, -0.25) is 4.79 Å². The molecule has 3 aliphatic rings. The van der Waals surface area contributed by atoms with E-state index in [4.69, 9.17) is 0 Å². The fourth-order valence-corrected chi connectivity index (χ4v) is 4.41. The van der Waals surface area contributed by atoms with Crippen molar-refractivity contribution in [2.45, 2.75) is 69.4 Å². The topological polar surface area (TPSA) is 29.1 Å². The molecule has 1 aromatic rings. The molecule has 21 heavy (non-hydrogen) atoms. The van der Waals surface area contributed by atoms with E-state index in [1.54, 1.807) is 0 Å². The van der Waals surface area contributed by atoms with Crippen LogP contribution in [0.4, 0.5) is 0 Å². The zero-order valence-corrected chi connectivity index (χ0v) is 12.7. The Hall–Kier alpha value is -1.15. The van der Waals surface area contributed by atoms with E-state index in [2.05, 4.69) is 23.5 Å². The van der Waals surface area contributed by atoms with Gasteiger partial charge in [-0.05, 0) is 55.6 Å². The number of hydrogen-bond acceptors (Lipinski definition) is 2. The van der Waals surface area contributed by atoms with Crippen molar-refractivity contribution in [1.82, 2.24) is 5.32 Å². The Morgan fingerprint density at radius 2 is 1.90 bits per heavy atom. The highest BCUT2D eigenvalue weighted by Gasteiger charge is 2.38. The predicted octanol–water partition coefficient (Wildman–Crippen LogP) is 4.06. The number of benzene rings is 1. The van der Waals surface area contributed by atoms with Gasteiger partial charge in [0.15, 0.2) is 5.78 Å². The Balaban J connectivity index is 1.49. The SMILES string of the molecule is O=C(c1cccc(C2CCC2)c1)C1CC2CCCCC2N1. The van der Waals surface area contributed by atoms with Crippen LogP contribution in [0, 0.1) is 5.92 Å². The molecule has 2 saturated carbocycles. The number of hydrogen-bond donors (Lipinski definition) is 1. The lowest BCUT2D eigenvalue weighted by molar-refractivity contribution is 0.0949. The van der Waals surface area contributed by atoms with Crippen molar-refractivity contribution in [3.05, 3.63) is 35.4 Å². The molecule has 1 saturated heterocycles. The highest BCUT2D eigenvalue weighted by atomic mass is 16.1. The lowest BCUT2D eigenvalue weighted by atomic mass is 9.79. The van der Waals surface area contributed by atoms with Gasteiger partial charge in [0.2, 0.25) is 0 Å². The second-order valence-electron chi connectivity index (χ2n) is 7.22. The second kappa shape index (κ2) is 5.57. The van der Waals surface area contributed by atoms with Crippen molar-refractivity contribution < 1.29 is 4.79 Å². The molecule has 112 valence electrons. The van der Waals surface area contributed by atoms with Crippen molar-refractivity contribution in [2.75, 3.05) is 0 Å². The van der Waals surface area contributed by atoms with Gasteiger partial charge in [0.1, 0.15) is 0 Å². The van der Waals surface area contributed by atoms with Crippen molar-refractivity contribution in [1.29, 1.82) is 0 Å². The summed E-state index contributed by atoms with van der Waals surface area (Å²) in [5.41, 5.74) is 2.30. The molecule has 2 heteroatoms. The molecule has 0 amide bonds. The maximum atomic E-state index is 12.8. The van der Waals surface area contributed by atoms with E-state index in [-0.39, 0.29) is 6.04 Å². The molecule has 0 bridgehead atoms. The van der Waals surface area contributed by atoms with Gasteiger partial charge in [0.25, 0.3) is 0 Å². The van der Waals surface area contributed by atoms with Crippen LogP contribution < -0.4 is 5.32 Å². The molecule has 3 atom stereocenters. The molecule has 3 unspecified atom stereocenters. The number of Topliss-reactive ketones (excluding diaryl/α,β-unsaturated/α-hetero) is 1. The maximum Gasteiger partial charge on any atom is 0.179 e. The van der Waals surface area contributed by atoms with E-state index < -0.39 is 0 Å². The summed E-state index contributed by atoms with van der Waals surface area (Å²) in [6, 6.07) is 9.10. The largest absolute Gasteiger partial charge is 0.304 e. The minimum absolute atomic E-state index is 0.0646. The highest BCUT2D eigenvalue weighted by molar-refractivity contribution is 6.00. The number of ketones is 1. The Bertz CT molecular complexity index is 520. The summed E-state index contributed by atoms with van der Waals surface area (Å²) in [6.45, 7) is 0. The average Bonchev–Trinajstić information content (AvgIpc) is 2.89. The van der Waals surface area contributed by atoms with Crippen LogP contribution in [0.2, 0.25) is 0 Å². The number of carbonyl (C=O) groups excluding carboxylic acids is 1. The number of fused-ring (bicyclic) bond motifs is 1. The predicted molar refractivity (Wildman–Crippen MR) is 84.7 cm³/mol. The Morgan fingerprint density at radius 1 is 1.05 bits per heavy atom. The summed E-state index contributed by atoms with van der Waals surface area (Å²) >= 11 is 0. The minimum Gasteiger partial charge on any atom is -0.304 e. The number of nitrogens with one attached hydrogen (secondary N) is 1. The lowest BCUT2D eigenvalue weighted by Gasteiger charge is -2.26. The monoisotopic (exact) mass is 283 g/mol. The minimum atomic E-state index is 0.0646. The van der Waals surface area contributed by atoms with Gasteiger partial charge in [-0.2, -0.15) is 0 Å². The van der Waals surface area contributed by atoms with Crippen LogP contribution in [-0.2, 0) is 0 Å². The first-order chi connectivity index (χ1) is 10.3. The van der Waals surface area contributed by atoms with Crippen molar-refractivity contribution in [3.8, 4) is 0 Å². The van der Waals surface area contributed by atoms with E-state index in [0.29, 0.717) is 17.7 Å². The first-order valence-corrected chi connectivity index (χ1v) is 8.71. The fraction of sp³-hybridized carbons (Fsp3) is 0.632. The third-order valence-corrected chi connectivity index (χ3v) is 5.93. The zero-order valence-electron chi connectivity index (χ0n) is 12.7. The van der Waals surface area contributed by atoms with Crippen LogP contribution in [0.5, 0.6) is 0 Å². The second-order valence-corrected chi connectivity index (χ2v) is 7.22. The maximum absolute atomic E-state index is 12.8. The average molecular weight is 283 g/mol. The van der Waals surface area contributed by atoms with Gasteiger partial charge in [-0.1, -0.05) is 37.5 Å².